The summed E-state index contributed by atoms with van der Waals surface area (Å²) in [7, 11) is -1.20. The molecule has 0 aromatic heterocycles. The van der Waals surface area contributed by atoms with Crippen molar-refractivity contribution in [2.45, 2.75) is 58.7 Å². The molecule has 0 bridgehead atoms. The van der Waals surface area contributed by atoms with Gasteiger partial charge in [-0.15, -0.1) is 0 Å². The van der Waals surface area contributed by atoms with Gasteiger partial charge in [-0.2, -0.15) is 0 Å². The first-order valence-electron chi connectivity index (χ1n) is 8.19. The van der Waals surface area contributed by atoms with Crippen LogP contribution in [0, 0.1) is 0 Å². The van der Waals surface area contributed by atoms with E-state index in [1.807, 2.05) is 0 Å². The first-order valence-corrected chi connectivity index (χ1v) is 15.0. The van der Waals surface area contributed by atoms with E-state index >= 15 is 0 Å². The van der Waals surface area contributed by atoms with Crippen LogP contribution in [0.3, 0.4) is 0 Å². The highest BCUT2D eigenvalue weighted by Crippen LogP contribution is 2.40. The normalized spacial score (nSPS) is 19.7. The van der Waals surface area contributed by atoms with Gasteiger partial charge in [-0.05, 0) is 62.8 Å². The average molecular weight is 338 g/mol. The van der Waals surface area contributed by atoms with Gasteiger partial charge >= 0.3 is 0 Å². The quantitative estimate of drug-likeness (QED) is 0.746. The van der Waals surface area contributed by atoms with Gasteiger partial charge < -0.3 is 13.7 Å². The molecule has 0 aliphatic carbocycles. The van der Waals surface area contributed by atoms with Crippen molar-refractivity contribution in [2.24, 2.45) is 0 Å². The molecule has 0 unspecified atom stereocenters. The maximum absolute atomic E-state index is 6.23. The lowest BCUT2D eigenvalue weighted by Crippen LogP contribution is -2.50. The molecule has 0 saturated carbocycles. The lowest BCUT2D eigenvalue weighted by molar-refractivity contribution is 0.319. The summed E-state index contributed by atoms with van der Waals surface area (Å²) >= 11 is 0. The number of nitrogens with zero attached hydrogens (tertiary/aromatic N) is 1. The Hall–Kier alpha value is -0.786. The maximum atomic E-state index is 6.23. The van der Waals surface area contributed by atoms with Crippen LogP contribution >= 0.6 is 0 Å². The monoisotopic (exact) mass is 337 g/mol. The Bertz CT molecular complexity index is 547. The van der Waals surface area contributed by atoms with Crippen LogP contribution in [0.1, 0.15) is 24.1 Å². The average Bonchev–Trinajstić information content (AvgIpc) is 2.35. The van der Waals surface area contributed by atoms with Gasteiger partial charge in [0.15, 0.2) is 5.75 Å². The Morgan fingerprint density at radius 3 is 2.18 bits per heavy atom. The molecule has 1 atom stereocenters. The maximum Gasteiger partial charge on any atom is 0.242 e. The Labute approximate surface area is 137 Å². The van der Waals surface area contributed by atoms with E-state index in [1.54, 1.807) is 7.11 Å². The lowest BCUT2D eigenvalue weighted by Gasteiger charge is -2.43. The predicted molar refractivity (Wildman–Crippen MR) is 99.1 cm³/mol. The van der Waals surface area contributed by atoms with E-state index < -0.39 is 16.6 Å². The molecule has 1 aromatic carbocycles. The van der Waals surface area contributed by atoms with Crippen LogP contribution in [-0.2, 0) is 6.42 Å². The molecule has 0 N–H and O–H groups in total. The van der Waals surface area contributed by atoms with Crippen LogP contribution < -0.4 is 9.16 Å². The third kappa shape index (κ3) is 3.75. The molecule has 5 heteroatoms. The summed E-state index contributed by atoms with van der Waals surface area (Å²) < 4.78 is 14.5. The van der Waals surface area contributed by atoms with Crippen molar-refractivity contribution in [2.75, 3.05) is 13.7 Å². The van der Waals surface area contributed by atoms with Crippen LogP contribution in [0.4, 0.5) is 0 Å². The molecule has 1 aromatic rings. The number of methoxy groups -OCH3 is 1. The van der Waals surface area contributed by atoms with Crippen molar-refractivity contribution in [1.29, 1.82) is 0 Å². The molecule has 0 amide bonds. The minimum atomic E-state index is -1.63. The number of ether oxygens (including phenoxy) is 1. The largest absolute Gasteiger partial charge is 0.542 e. The SMILES string of the molecule is COc1cc2c(cc1O[Si](C)(C)C)CCN([Si](C)(C)C)[C@@H]2C. The summed E-state index contributed by atoms with van der Waals surface area (Å²) in [5.74, 6) is 1.81. The summed E-state index contributed by atoms with van der Waals surface area (Å²) in [4.78, 5) is 0. The zero-order valence-electron chi connectivity index (χ0n) is 15.4. The highest BCUT2D eigenvalue weighted by Gasteiger charge is 2.34. The number of rotatable bonds is 4. The van der Waals surface area contributed by atoms with E-state index in [0.29, 0.717) is 6.04 Å². The minimum Gasteiger partial charge on any atom is -0.542 e. The molecule has 22 heavy (non-hydrogen) atoms. The molecule has 0 saturated heterocycles. The number of benzene rings is 1. The van der Waals surface area contributed by atoms with Gasteiger partial charge in [0, 0.05) is 6.04 Å². The third-order valence-electron chi connectivity index (χ3n) is 4.24. The second-order valence-electron chi connectivity index (χ2n) is 8.21. The summed E-state index contributed by atoms with van der Waals surface area (Å²) in [6, 6.07) is 4.90. The molecule has 2 rings (SSSR count). The van der Waals surface area contributed by atoms with Crippen molar-refractivity contribution in [1.82, 2.24) is 4.57 Å². The molecule has 0 radical (unpaired) electrons. The fraction of sp³-hybridized carbons (Fsp3) is 0.647. The van der Waals surface area contributed by atoms with E-state index in [1.165, 1.54) is 11.1 Å². The van der Waals surface area contributed by atoms with Crippen LogP contribution in [0.5, 0.6) is 11.5 Å². The van der Waals surface area contributed by atoms with Gasteiger partial charge in [0.25, 0.3) is 0 Å². The van der Waals surface area contributed by atoms with Gasteiger partial charge in [0.05, 0.1) is 7.11 Å². The van der Waals surface area contributed by atoms with Gasteiger partial charge in [0.2, 0.25) is 8.32 Å². The number of hydrogen-bond acceptors (Lipinski definition) is 3. The first-order chi connectivity index (χ1) is 10.0. The second kappa shape index (κ2) is 6.02. The molecular formula is C17H31NO2Si2. The van der Waals surface area contributed by atoms with Crippen LogP contribution in [0.15, 0.2) is 12.1 Å². The van der Waals surface area contributed by atoms with Crippen LogP contribution in [-0.4, -0.2) is 34.8 Å². The summed E-state index contributed by atoms with van der Waals surface area (Å²) in [6.07, 6.45) is 1.11. The second-order valence-corrected chi connectivity index (χ2v) is 17.6. The van der Waals surface area contributed by atoms with Crippen LogP contribution in [0.2, 0.25) is 39.3 Å². The van der Waals surface area contributed by atoms with Crippen molar-refractivity contribution >= 4 is 16.6 Å². The first kappa shape index (κ1) is 17.6. The molecular weight excluding hydrogens is 306 g/mol. The fourth-order valence-electron chi connectivity index (χ4n) is 3.31. The Morgan fingerprint density at radius 1 is 1.05 bits per heavy atom. The molecule has 1 aliphatic heterocycles. The van der Waals surface area contributed by atoms with Gasteiger partial charge in [-0.1, -0.05) is 19.6 Å². The van der Waals surface area contributed by atoms with E-state index in [4.69, 9.17) is 9.16 Å². The third-order valence-corrected chi connectivity index (χ3v) is 7.41. The molecule has 124 valence electrons. The van der Waals surface area contributed by atoms with Crippen molar-refractivity contribution in [3.8, 4) is 11.5 Å². The van der Waals surface area contributed by atoms with Gasteiger partial charge in [-0.25, -0.2) is 0 Å². The van der Waals surface area contributed by atoms with E-state index in [2.05, 4.69) is 62.9 Å². The lowest BCUT2D eigenvalue weighted by atomic mass is 9.94. The topological polar surface area (TPSA) is 21.7 Å². The van der Waals surface area contributed by atoms with Crippen molar-refractivity contribution < 1.29 is 9.16 Å². The molecule has 0 fully saturated rings. The predicted octanol–water partition coefficient (Wildman–Crippen LogP) is 4.66. The molecule has 3 nitrogen and oxygen atoms in total. The highest BCUT2D eigenvalue weighted by molar-refractivity contribution is 6.73. The molecule has 1 heterocycles. The Morgan fingerprint density at radius 2 is 1.68 bits per heavy atom. The summed E-state index contributed by atoms with van der Waals surface area (Å²) in [5.41, 5.74) is 2.84. The van der Waals surface area contributed by atoms with Gasteiger partial charge in [0.1, 0.15) is 14.0 Å². The number of fused-ring (bicyclic) bond motifs is 1. The fourth-order valence-corrected chi connectivity index (χ4v) is 6.21. The standard InChI is InChI=1S/C17H31NO2Si2/c1-13-15-12-16(19-2)17(20-22(6,7)8)11-14(15)9-10-18(13)21(3,4)5/h11-13H,9-10H2,1-8H3/t13-/m1/s1. The number of hydrogen-bond donors (Lipinski definition) is 0. The molecule has 0 spiro atoms. The highest BCUT2D eigenvalue weighted by atomic mass is 28.4. The Balaban J connectivity index is 2.42. The van der Waals surface area contributed by atoms with Gasteiger partial charge in [-0.3, -0.25) is 0 Å². The summed E-state index contributed by atoms with van der Waals surface area (Å²) in [5, 5.41) is 0. The van der Waals surface area contributed by atoms with Crippen LogP contribution in [0.25, 0.3) is 0 Å². The minimum absolute atomic E-state index is 0.463. The van der Waals surface area contributed by atoms with E-state index in [9.17, 15) is 0 Å². The summed E-state index contributed by atoms with van der Waals surface area (Å²) in [6.45, 7) is 17.4. The zero-order chi connectivity index (χ0) is 16.7. The smallest absolute Gasteiger partial charge is 0.242 e. The van der Waals surface area contributed by atoms with E-state index in [0.717, 1.165) is 24.5 Å². The molecule has 1 aliphatic rings. The van der Waals surface area contributed by atoms with Crippen molar-refractivity contribution in [3.05, 3.63) is 23.3 Å². The van der Waals surface area contributed by atoms with E-state index in [-0.39, 0.29) is 0 Å². The van der Waals surface area contributed by atoms with Crippen molar-refractivity contribution in [3.63, 3.8) is 0 Å². The zero-order valence-corrected chi connectivity index (χ0v) is 17.4. The Kier molecular flexibility index (Phi) is 4.80.